The summed E-state index contributed by atoms with van der Waals surface area (Å²) < 4.78 is 42.3. The minimum absolute atomic E-state index is 0.00333. The van der Waals surface area contributed by atoms with Crippen molar-refractivity contribution in [2.45, 2.75) is 69.5 Å². The second kappa shape index (κ2) is 9.83. The van der Waals surface area contributed by atoms with Crippen molar-refractivity contribution in [1.82, 2.24) is 10.6 Å². The Hall–Kier alpha value is -1.76. The van der Waals surface area contributed by atoms with Crippen LogP contribution in [0.1, 0.15) is 62.0 Å². The van der Waals surface area contributed by atoms with Gasteiger partial charge in [0, 0.05) is 6.04 Å². The number of aryl methyl sites for hydroxylation is 1. The van der Waals surface area contributed by atoms with E-state index < -0.39 is 12.1 Å². The van der Waals surface area contributed by atoms with Gasteiger partial charge in [-0.05, 0) is 61.4 Å². The summed E-state index contributed by atoms with van der Waals surface area (Å²) in [6.07, 6.45) is 5.03. The molecule has 2 atom stereocenters. The molecule has 0 aromatic heterocycles. The predicted molar refractivity (Wildman–Crippen MR) is 106 cm³/mol. The number of carbonyl (C=O) groups excluding carboxylic acids is 1. The van der Waals surface area contributed by atoms with Crippen LogP contribution in [0.5, 0.6) is 5.75 Å². The highest BCUT2D eigenvalue weighted by molar-refractivity contribution is 5.81. The molecule has 2 unspecified atom stereocenters. The summed E-state index contributed by atoms with van der Waals surface area (Å²) in [6.45, 7) is -0.177. The molecule has 7 heteroatoms. The van der Waals surface area contributed by atoms with Gasteiger partial charge in [-0.25, -0.2) is 0 Å². The molecule has 1 aromatic carbocycles. The van der Waals surface area contributed by atoms with E-state index in [0.717, 1.165) is 18.8 Å². The van der Waals surface area contributed by atoms with E-state index in [9.17, 15) is 18.0 Å². The van der Waals surface area contributed by atoms with Crippen molar-refractivity contribution in [1.29, 1.82) is 0 Å². The third-order valence-electron chi connectivity index (χ3n) is 6.32. The lowest BCUT2D eigenvalue weighted by Gasteiger charge is -2.37. The van der Waals surface area contributed by atoms with Crippen molar-refractivity contribution >= 4 is 5.91 Å². The molecule has 0 bridgehead atoms. The maximum atomic E-state index is 12.2. The number of fused-ring (bicyclic) bond motifs is 1. The van der Waals surface area contributed by atoms with Crippen LogP contribution in [0.25, 0.3) is 0 Å². The Kier molecular flexibility index (Phi) is 7.44. The Balaban J connectivity index is 1.63. The van der Waals surface area contributed by atoms with Gasteiger partial charge in [-0.2, -0.15) is 13.2 Å². The fraction of sp³-hybridized carbons (Fsp3) is 0.682. The van der Waals surface area contributed by atoms with Crippen molar-refractivity contribution in [3.63, 3.8) is 0 Å². The monoisotopic (exact) mass is 412 g/mol. The molecule has 2 N–H and O–H groups in total. The smallest absolute Gasteiger partial charge is 0.471 e. The van der Waals surface area contributed by atoms with Gasteiger partial charge in [-0.1, -0.05) is 38.2 Å². The lowest BCUT2D eigenvalue weighted by molar-refractivity contribution is -0.173. The summed E-state index contributed by atoms with van der Waals surface area (Å²) in [7, 11) is 2.02. The van der Waals surface area contributed by atoms with Gasteiger partial charge in [0.2, 0.25) is 0 Å². The summed E-state index contributed by atoms with van der Waals surface area (Å²) in [4.78, 5) is 10.9. The van der Waals surface area contributed by atoms with Crippen LogP contribution in [0, 0.1) is 5.92 Å². The van der Waals surface area contributed by atoms with E-state index in [1.807, 2.05) is 18.4 Å². The molecule has 1 saturated carbocycles. The van der Waals surface area contributed by atoms with Gasteiger partial charge in [0.15, 0.2) is 0 Å². The van der Waals surface area contributed by atoms with Gasteiger partial charge < -0.3 is 15.4 Å². The van der Waals surface area contributed by atoms with Crippen LogP contribution in [-0.2, 0) is 11.2 Å². The van der Waals surface area contributed by atoms with Gasteiger partial charge in [0.25, 0.3) is 0 Å². The van der Waals surface area contributed by atoms with Crippen LogP contribution < -0.4 is 15.4 Å². The van der Waals surface area contributed by atoms with E-state index in [0.29, 0.717) is 17.7 Å². The average Bonchev–Trinajstić information content (AvgIpc) is 2.71. The molecule has 0 saturated heterocycles. The molecule has 0 spiro atoms. The van der Waals surface area contributed by atoms with E-state index >= 15 is 0 Å². The number of hydrogen-bond donors (Lipinski definition) is 2. The van der Waals surface area contributed by atoms with Crippen molar-refractivity contribution in [3.8, 4) is 5.75 Å². The topological polar surface area (TPSA) is 50.4 Å². The maximum absolute atomic E-state index is 12.2. The molecule has 162 valence electrons. The highest BCUT2D eigenvalue weighted by atomic mass is 19.4. The van der Waals surface area contributed by atoms with Crippen LogP contribution in [0.4, 0.5) is 13.2 Å². The molecule has 4 nitrogen and oxygen atoms in total. The van der Waals surface area contributed by atoms with E-state index in [4.69, 9.17) is 4.74 Å². The fourth-order valence-electron chi connectivity index (χ4n) is 4.82. The van der Waals surface area contributed by atoms with Gasteiger partial charge in [-0.15, -0.1) is 0 Å². The highest BCUT2D eigenvalue weighted by Gasteiger charge is 2.38. The molecule has 1 amide bonds. The lowest BCUT2D eigenvalue weighted by Crippen LogP contribution is -2.38. The Morgan fingerprint density at radius 3 is 2.62 bits per heavy atom. The molecule has 0 heterocycles. The molecular formula is C22H31F3N2O2. The summed E-state index contributed by atoms with van der Waals surface area (Å²) >= 11 is 0. The highest BCUT2D eigenvalue weighted by Crippen LogP contribution is 2.41. The number of ether oxygens (including phenoxy) is 1. The molecule has 2 aliphatic rings. The number of likely N-dealkylation sites (N-methyl/N-ethyl adjacent to an activating group) is 1. The molecule has 0 radical (unpaired) electrons. The molecule has 2 aliphatic carbocycles. The zero-order valence-corrected chi connectivity index (χ0v) is 17.0. The number of alkyl halides is 3. The zero-order chi connectivity index (χ0) is 20.9. The Morgan fingerprint density at radius 2 is 1.93 bits per heavy atom. The predicted octanol–water partition coefficient (Wildman–Crippen LogP) is 4.33. The number of carbonyl (C=O) groups is 1. The van der Waals surface area contributed by atoms with Crippen LogP contribution in [0.3, 0.4) is 0 Å². The number of rotatable bonds is 7. The summed E-state index contributed by atoms with van der Waals surface area (Å²) in [5.74, 6) is -0.0932. The normalized spacial score (nSPS) is 22.8. The number of benzene rings is 1. The van der Waals surface area contributed by atoms with Gasteiger partial charge in [0.1, 0.15) is 12.4 Å². The second-order valence-electron chi connectivity index (χ2n) is 8.24. The second-order valence-corrected chi connectivity index (χ2v) is 8.24. The molecule has 29 heavy (non-hydrogen) atoms. The average molecular weight is 412 g/mol. The van der Waals surface area contributed by atoms with Crippen molar-refractivity contribution in [2.75, 3.05) is 20.2 Å². The van der Waals surface area contributed by atoms with E-state index in [-0.39, 0.29) is 13.2 Å². The van der Waals surface area contributed by atoms with Gasteiger partial charge in [-0.3, -0.25) is 4.79 Å². The first-order chi connectivity index (χ1) is 13.9. The Bertz CT molecular complexity index is 687. The van der Waals surface area contributed by atoms with Crippen LogP contribution in [0.15, 0.2) is 18.2 Å². The molecular weight excluding hydrogens is 381 g/mol. The minimum atomic E-state index is -4.86. The summed E-state index contributed by atoms with van der Waals surface area (Å²) in [6, 6.07) is 6.45. The standard InChI is InChI=1S/C22H31F3N2O2/c1-26-20-10-8-16-7-9-17(29-12-11-27-21(28)22(23,24)25)14-18(16)19(20)13-15-5-3-2-4-6-15/h7,9,14-15,19-20,26H,2-6,8,10-13H2,1H3,(H,27,28). The van der Waals surface area contributed by atoms with Gasteiger partial charge >= 0.3 is 12.1 Å². The number of amides is 1. The first-order valence-corrected chi connectivity index (χ1v) is 10.7. The first kappa shape index (κ1) is 21.9. The molecule has 0 aliphatic heterocycles. The van der Waals surface area contributed by atoms with Crippen LogP contribution >= 0.6 is 0 Å². The van der Waals surface area contributed by atoms with Crippen LogP contribution in [0.2, 0.25) is 0 Å². The maximum Gasteiger partial charge on any atom is 0.471 e. The van der Waals surface area contributed by atoms with E-state index in [2.05, 4.69) is 17.4 Å². The largest absolute Gasteiger partial charge is 0.492 e. The van der Waals surface area contributed by atoms with Crippen molar-refractivity contribution < 1.29 is 22.7 Å². The number of hydrogen-bond acceptors (Lipinski definition) is 3. The lowest BCUT2D eigenvalue weighted by atomic mass is 9.72. The van der Waals surface area contributed by atoms with Gasteiger partial charge in [0.05, 0.1) is 6.54 Å². The quantitative estimate of drug-likeness (QED) is 0.656. The third kappa shape index (κ3) is 5.87. The summed E-state index contributed by atoms with van der Waals surface area (Å²) in [5.41, 5.74) is 2.65. The zero-order valence-electron chi connectivity index (χ0n) is 17.0. The Labute approximate surface area is 170 Å². The third-order valence-corrected chi connectivity index (χ3v) is 6.32. The first-order valence-electron chi connectivity index (χ1n) is 10.7. The molecule has 3 rings (SSSR count). The number of nitrogens with one attached hydrogen (secondary N) is 2. The van der Waals surface area contributed by atoms with Crippen molar-refractivity contribution in [3.05, 3.63) is 29.3 Å². The van der Waals surface area contributed by atoms with Crippen molar-refractivity contribution in [2.24, 2.45) is 5.92 Å². The van der Waals surface area contributed by atoms with E-state index in [1.54, 1.807) is 0 Å². The fourth-order valence-corrected chi connectivity index (χ4v) is 4.82. The minimum Gasteiger partial charge on any atom is -0.492 e. The number of halogens is 3. The summed E-state index contributed by atoms with van der Waals surface area (Å²) in [5, 5.41) is 5.32. The van der Waals surface area contributed by atoms with Crippen LogP contribution in [-0.4, -0.2) is 38.3 Å². The van der Waals surface area contributed by atoms with E-state index in [1.165, 1.54) is 49.7 Å². The molecule has 1 aromatic rings. The molecule has 1 fully saturated rings. The Morgan fingerprint density at radius 1 is 1.17 bits per heavy atom. The SMILES string of the molecule is CNC1CCc2ccc(OCCNC(=O)C(F)(F)F)cc2C1CC1CCCCC1.